The third-order valence-electron chi connectivity index (χ3n) is 4.41. The Balaban J connectivity index is 2.10. The smallest absolute Gasteiger partial charge is 0.251 e. The van der Waals surface area contributed by atoms with Crippen LogP contribution in [0.2, 0.25) is 5.02 Å². The van der Waals surface area contributed by atoms with E-state index in [2.05, 4.69) is 5.32 Å². The standard InChI is InChI=1S/C17H24ClN3O2/c1-3-11(2)15(17(23)21-9-8-14(19)10-21)20-16(22)12-4-6-13(18)7-5-12/h4-7,11,14-15H,3,8-10,19H2,1-2H3,(H,20,22)/t11?,14-,15?/m1/s1. The molecule has 1 heterocycles. The van der Waals surface area contributed by atoms with Crippen LogP contribution in [-0.4, -0.2) is 41.9 Å². The molecule has 0 saturated carbocycles. The van der Waals surface area contributed by atoms with Crippen molar-refractivity contribution in [2.24, 2.45) is 11.7 Å². The van der Waals surface area contributed by atoms with Gasteiger partial charge in [-0.3, -0.25) is 9.59 Å². The van der Waals surface area contributed by atoms with Gasteiger partial charge in [-0.05, 0) is 36.6 Å². The number of hydrogen-bond acceptors (Lipinski definition) is 3. The van der Waals surface area contributed by atoms with Gasteiger partial charge in [0.2, 0.25) is 5.91 Å². The number of hydrogen-bond donors (Lipinski definition) is 2. The minimum atomic E-state index is -0.534. The van der Waals surface area contributed by atoms with E-state index < -0.39 is 6.04 Å². The second-order valence-electron chi connectivity index (χ2n) is 6.18. The number of nitrogens with one attached hydrogen (secondary N) is 1. The third-order valence-corrected chi connectivity index (χ3v) is 4.66. The lowest BCUT2D eigenvalue weighted by molar-refractivity contribution is -0.133. The molecule has 6 heteroatoms. The van der Waals surface area contributed by atoms with Gasteiger partial charge in [0.05, 0.1) is 0 Å². The lowest BCUT2D eigenvalue weighted by Gasteiger charge is -2.28. The highest BCUT2D eigenvalue weighted by atomic mass is 35.5. The first-order valence-corrected chi connectivity index (χ1v) is 8.41. The van der Waals surface area contributed by atoms with E-state index in [9.17, 15) is 9.59 Å². The third kappa shape index (κ3) is 4.45. The summed E-state index contributed by atoms with van der Waals surface area (Å²) in [5, 5.41) is 3.45. The van der Waals surface area contributed by atoms with E-state index in [0.717, 1.165) is 12.8 Å². The number of nitrogens with zero attached hydrogens (tertiary/aromatic N) is 1. The van der Waals surface area contributed by atoms with Crippen LogP contribution in [0, 0.1) is 5.92 Å². The van der Waals surface area contributed by atoms with Crippen LogP contribution in [0.1, 0.15) is 37.0 Å². The Kier molecular flexibility index (Phi) is 6.02. The summed E-state index contributed by atoms with van der Waals surface area (Å²) in [6.45, 7) is 5.20. The molecule has 0 aliphatic carbocycles. The maximum atomic E-state index is 12.7. The highest BCUT2D eigenvalue weighted by Gasteiger charge is 2.33. The zero-order chi connectivity index (χ0) is 17.0. The first kappa shape index (κ1) is 17.8. The van der Waals surface area contributed by atoms with Gasteiger partial charge in [0.15, 0.2) is 0 Å². The number of nitrogens with two attached hydrogens (primary N) is 1. The van der Waals surface area contributed by atoms with Crippen LogP contribution in [0.25, 0.3) is 0 Å². The van der Waals surface area contributed by atoms with Crippen LogP contribution in [0.4, 0.5) is 0 Å². The molecule has 0 bridgehead atoms. The van der Waals surface area contributed by atoms with E-state index in [1.807, 2.05) is 13.8 Å². The van der Waals surface area contributed by atoms with Crippen molar-refractivity contribution >= 4 is 23.4 Å². The molecular formula is C17H24ClN3O2. The van der Waals surface area contributed by atoms with Crippen molar-refractivity contribution in [1.29, 1.82) is 0 Å². The number of carbonyl (C=O) groups is 2. The molecule has 3 atom stereocenters. The van der Waals surface area contributed by atoms with E-state index in [-0.39, 0.29) is 23.8 Å². The predicted molar refractivity (Wildman–Crippen MR) is 91.3 cm³/mol. The molecule has 1 saturated heterocycles. The number of carbonyl (C=O) groups excluding carboxylic acids is 2. The highest BCUT2D eigenvalue weighted by Crippen LogP contribution is 2.16. The van der Waals surface area contributed by atoms with Gasteiger partial charge in [0.25, 0.3) is 5.91 Å². The summed E-state index contributed by atoms with van der Waals surface area (Å²) >= 11 is 5.84. The monoisotopic (exact) mass is 337 g/mol. The fourth-order valence-corrected chi connectivity index (χ4v) is 2.82. The average Bonchev–Trinajstić information content (AvgIpc) is 2.98. The van der Waals surface area contributed by atoms with Gasteiger partial charge >= 0.3 is 0 Å². The van der Waals surface area contributed by atoms with Crippen LogP contribution in [0.5, 0.6) is 0 Å². The van der Waals surface area contributed by atoms with Crippen LogP contribution in [0.15, 0.2) is 24.3 Å². The molecule has 2 unspecified atom stereocenters. The molecule has 2 rings (SSSR count). The molecular weight excluding hydrogens is 314 g/mol. The van der Waals surface area contributed by atoms with Crippen LogP contribution in [0.3, 0.4) is 0 Å². The van der Waals surface area contributed by atoms with Gasteiger partial charge in [-0.25, -0.2) is 0 Å². The molecule has 1 aliphatic heterocycles. The van der Waals surface area contributed by atoms with Crippen LogP contribution >= 0.6 is 11.6 Å². The first-order valence-electron chi connectivity index (χ1n) is 8.03. The topological polar surface area (TPSA) is 75.4 Å². The van der Waals surface area contributed by atoms with Crippen molar-refractivity contribution in [3.63, 3.8) is 0 Å². The van der Waals surface area contributed by atoms with E-state index in [1.54, 1.807) is 29.2 Å². The van der Waals surface area contributed by atoms with Crippen molar-refractivity contribution in [2.45, 2.75) is 38.8 Å². The van der Waals surface area contributed by atoms with E-state index in [0.29, 0.717) is 23.7 Å². The quantitative estimate of drug-likeness (QED) is 0.863. The second kappa shape index (κ2) is 7.79. The first-order chi connectivity index (χ1) is 10.9. The summed E-state index contributed by atoms with van der Waals surface area (Å²) in [5.74, 6) is -0.256. The maximum absolute atomic E-state index is 12.7. The Morgan fingerprint density at radius 2 is 2.04 bits per heavy atom. The number of benzene rings is 1. The Bertz CT molecular complexity index is 561. The molecule has 1 aliphatic rings. The summed E-state index contributed by atoms with van der Waals surface area (Å²) < 4.78 is 0. The van der Waals surface area contributed by atoms with Crippen molar-refractivity contribution in [3.8, 4) is 0 Å². The van der Waals surface area contributed by atoms with Crippen molar-refractivity contribution in [2.75, 3.05) is 13.1 Å². The summed E-state index contributed by atoms with van der Waals surface area (Å²) in [6, 6.07) is 6.13. The second-order valence-corrected chi connectivity index (χ2v) is 6.61. The van der Waals surface area contributed by atoms with Crippen LogP contribution in [-0.2, 0) is 4.79 Å². The molecule has 23 heavy (non-hydrogen) atoms. The Morgan fingerprint density at radius 3 is 2.57 bits per heavy atom. The molecule has 3 N–H and O–H groups in total. The Labute approximate surface area is 142 Å². The number of likely N-dealkylation sites (tertiary alicyclic amines) is 1. The van der Waals surface area contributed by atoms with Gasteiger partial charge in [-0.2, -0.15) is 0 Å². The lowest BCUT2D eigenvalue weighted by Crippen LogP contribution is -2.51. The molecule has 0 radical (unpaired) electrons. The van der Waals surface area contributed by atoms with Gasteiger partial charge in [0, 0.05) is 29.7 Å². The largest absolute Gasteiger partial charge is 0.340 e. The van der Waals surface area contributed by atoms with Gasteiger partial charge < -0.3 is 16.0 Å². The molecule has 0 aromatic heterocycles. The minimum Gasteiger partial charge on any atom is -0.340 e. The number of amides is 2. The molecule has 1 aromatic rings. The maximum Gasteiger partial charge on any atom is 0.251 e. The molecule has 5 nitrogen and oxygen atoms in total. The zero-order valence-electron chi connectivity index (χ0n) is 13.6. The van der Waals surface area contributed by atoms with E-state index in [4.69, 9.17) is 17.3 Å². The molecule has 0 spiro atoms. The van der Waals surface area contributed by atoms with Crippen molar-refractivity contribution in [3.05, 3.63) is 34.9 Å². The van der Waals surface area contributed by atoms with E-state index >= 15 is 0 Å². The van der Waals surface area contributed by atoms with Gasteiger partial charge in [-0.1, -0.05) is 31.9 Å². The summed E-state index contributed by atoms with van der Waals surface area (Å²) in [4.78, 5) is 26.9. The molecule has 2 amide bonds. The predicted octanol–water partition coefficient (Wildman–Crippen LogP) is 2.04. The van der Waals surface area contributed by atoms with Crippen LogP contribution < -0.4 is 11.1 Å². The van der Waals surface area contributed by atoms with E-state index in [1.165, 1.54) is 0 Å². The van der Waals surface area contributed by atoms with Crippen molar-refractivity contribution < 1.29 is 9.59 Å². The lowest BCUT2D eigenvalue weighted by atomic mass is 9.97. The van der Waals surface area contributed by atoms with Gasteiger partial charge in [0.1, 0.15) is 6.04 Å². The zero-order valence-corrected chi connectivity index (χ0v) is 14.3. The SMILES string of the molecule is CCC(C)C(NC(=O)c1ccc(Cl)cc1)C(=O)N1CC[C@@H](N)C1. The molecule has 126 valence electrons. The fourth-order valence-electron chi connectivity index (χ4n) is 2.69. The Hall–Kier alpha value is -1.59. The summed E-state index contributed by atoms with van der Waals surface area (Å²) in [7, 11) is 0. The fraction of sp³-hybridized carbons (Fsp3) is 0.529. The number of rotatable bonds is 5. The summed E-state index contributed by atoms with van der Waals surface area (Å²) in [6.07, 6.45) is 1.61. The summed E-state index contributed by atoms with van der Waals surface area (Å²) in [5.41, 5.74) is 6.38. The normalized spacial score (nSPS) is 20.2. The Morgan fingerprint density at radius 1 is 1.39 bits per heavy atom. The number of halogens is 1. The minimum absolute atomic E-state index is 0.0310. The molecule has 1 fully saturated rings. The molecule has 1 aromatic carbocycles. The average molecular weight is 338 g/mol. The van der Waals surface area contributed by atoms with Crippen molar-refractivity contribution in [1.82, 2.24) is 10.2 Å². The highest BCUT2D eigenvalue weighted by molar-refractivity contribution is 6.30. The van der Waals surface area contributed by atoms with Gasteiger partial charge in [-0.15, -0.1) is 0 Å².